The number of rotatable bonds is 3. The summed E-state index contributed by atoms with van der Waals surface area (Å²) in [5.41, 5.74) is -1.01. The van der Waals surface area contributed by atoms with Gasteiger partial charge in [0.1, 0.15) is 5.82 Å². The van der Waals surface area contributed by atoms with E-state index in [0.717, 1.165) is 12.3 Å². The maximum Gasteiger partial charge on any atom is 0.417 e. The van der Waals surface area contributed by atoms with Crippen LogP contribution in [0.25, 0.3) is 0 Å². The van der Waals surface area contributed by atoms with Gasteiger partial charge in [-0.05, 0) is 32.9 Å². The Morgan fingerprint density at radius 1 is 1.17 bits per heavy atom. The fourth-order valence-corrected chi connectivity index (χ4v) is 2.54. The topological polar surface area (TPSA) is 48.5 Å². The van der Waals surface area contributed by atoms with Crippen molar-refractivity contribution in [2.24, 2.45) is 0 Å². The number of alkyl halides is 3. The minimum absolute atomic E-state index is 0.0244. The average molecular weight is 344 g/mol. The molecule has 0 radical (unpaired) electrons. The number of hydrogen-bond donors (Lipinski definition) is 1. The van der Waals surface area contributed by atoms with Gasteiger partial charge in [-0.3, -0.25) is 9.69 Å². The standard InChI is InChI=1S/C16H23F3N4O/c1-15(2,3)21-14(24)11-22-6-8-23(9-7-22)13-5-4-12(10-20-13)16(17,18)19/h4-5,10H,6-9,11H2,1-3H3,(H,21,24). The molecular formula is C16H23F3N4O. The van der Waals surface area contributed by atoms with Gasteiger partial charge < -0.3 is 10.2 Å². The molecule has 1 aromatic heterocycles. The van der Waals surface area contributed by atoms with Crippen LogP contribution in [0.3, 0.4) is 0 Å². The first-order chi connectivity index (χ1) is 11.0. The SMILES string of the molecule is CC(C)(C)NC(=O)CN1CCN(c2ccc(C(F)(F)F)cn2)CC1. The Morgan fingerprint density at radius 3 is 2.25 bits per heavy atom. The molecule has 0 bridgehead atoms. The van der Waals surface area contributed by atoms with E-state index in [9.17, 15) is 18.0 Å². The first-order valence-electron chi connectivity index (χ1n) is 7.86. The van der Waals surface area contributed by atoms with E-state index in [-0.39, 0.29) is 11.4 Å². The van der Waals surface area contributed by atoms with Gasteiger partial charge in [-0.2, -0.15) is 13.2 Å². The second kappa shape index (κ2) is 6.96. The van der Waals surface area contributed by atoms with Crippen LogP contribution >= 0.6 is 0 Å². The summed E-state index contributed by atoms with van der Waals surface area (Å²) in [5, 5.41) is 2.92. The number of hydrogen-bond acceptors (Lipinski definition) is 4. The lowest BCUT2D eigenvalue weighted by molar-refractivity contribution is -0.137. The van der Waals surface area contributed by atoms with Crippen LogP contribution < -0.4 is 10.2 Å². The molecule has 1 aromatic rings. The van der Waals surface area contributed by atoms with Crippen molar-refractivity contribution in [3.63, 3.8) is 0 Å². The highest BCUT2D eigenvalue weighted by Gasteiger charge is 2.31. The van der Waals surface area contributed by atoms with E-state index < -0.39 is 11.7 Å². The molecule has 0 aromatic carbocycles. The Bertz CT molecular complexity index is 558. The van der Waals surface area contributed by atoms with Gasteiger partial charge in [-0.25, -0.2) is 4.98 Å². The van der Waals surface area contributed by atoms with Gasteiger partial charge in [0.05, 0.1) is 12.1 Å². The van der Waals surface area contributed by atoms with E-state index >= 15 is 0 Å². The third-order valence-electron chi connectivity index (χ3n) is 3.65. The summed E-state index contributed by atoms with van der Waals surface area (Å²) >= 11 is 0. The molecule has 134 valence electrons. The molecule has 0 saturated carbocycles. The van der Waals surface area contributed by atoms with Crippen molar-refractivity contribution in [1.82, 2.24) is 15.2 Å². The highest BCUT2D eigenvalue weighted by Crippen LogP contribution is 2.29. The summed E-state index contributed by atoms with van der Waals surface area (Å²) in [5.74, 6) is 0.505. The smallest absolute Gasteiger partial charge is 0.354 e. The van der Waals surface area contributed by atoms with Crippen molar-refractivity contribution < 1.29 is 18.0 Å². The highest BCUT2D eigenvalue weighted by molar-refractivity contribution is 5.78. The summed E-state index contributed by atoms with van der Waals surface area (Å²) in [6.07, 6.45) is -3.51. The van der Waals surface area contributed by atoms with Gasteiger partial charge in [0.2, 0.25) is 5.91 Å². The van der Waals surface area contributed by atoms with Gasteiger partial charge in [0.25, 0.3) is 0 Å². The Balaban J connectivity index is 1.85. The van der Waals surface area contributed by atoms with Crippen LogP contribution in [-0.4, -0.2) is 54.1 Å². The Morgan fingerprint density at radius 2 is 1.79 bits per heavy atom. The van der Waals surface area contributed by atoms with E-state index in [1.807, 2.05) is 30.6 Å². The summed E-state index contributed by atoms with van der Waals surface area (Å²) in [6, 6.07) is 2.44. The van der Waals surface area contributed by atoms with Gasteiger partial charge in [-0.15, -0.1) is 0 Å². The van der Waals surface area contributed by atoms with Gasteiger partial charge in [-0.1, -0.05) is 0 Å². The van der Waals surface area contributed by atoms with Gasteiger partial charge >= 0.3 is 6.18 Å². The molecule has 5 nitrogen and oxygen atoms in total. The van der Waals surface area contributed by atoms with E-state index in [2.05, 4.69) is 10.3 Å². The molecule has 0 atom stereocenters. The van der Waals surface area contributed by atoms with E-state index in [0.29, 0.717) is 38.5 Å². The quantitative estimate of drug-likeness (QED) is 0.913. The molecule has 24 heavy (non-hydrogen) atoms. The molecular weight excluding hydrogens is 321 g/mol. The number of anilines is 1. The van der Waals surface area contributed by atoms with E-state index in [1.54, 1.807) is 0 Å². The minimum Gasteiger partial charge on any atom is -0.354 e. The molecule has 1 N–H and O–H groups in total. The fraction of sp³-hybridized carbons (Fsp3) is 0.625. The fourth-order valence-electron chi connectivity index (χ4n) is 2.54. The average Bonchev–Trinajstić information content (AvgIpc) is 2.45. The predicted octanol–water partition coefficient (Wildman–Crippen LogP) is 2.14. The van der Waals surface area contributed by atoms with Crippen LogP contribution in [0.2, 0.25) is 0 Å². The zero-order valence-corrected chi connectivity index (χ0v) is 14.2. The number of amides is 1. The second-order valence-electron chi connectivity index (χ2n) is 6.96. The van der Waals surface area contributed by atoms with Crippen LogP contribution in [0.1, 0.15) is 26.3 Å². The van der Waals surface area contributed by atoms with Crippen LogP contribution in [-0.2, 0) is 11.0 Å². The number of pyridine rings is 1. The minimum atomic E-state index is -4.37. The summed E-state index contributed by atoms with van der Waals surface area (Å²) in [6.45, 7) is 8.70. The lowest BCUT2D eigenvalue weighted by atomic mass is 10.1. The summed E-state index contributed by atoms with van der Waals surface area (Å²) < 4.78 is 37.7. The van der Waals surface area contributed by atoms with Crippen LogP contribution in [0.15, 0.2) is 18.3 Å². The lowest BCUT2D eigenvalue weighted by Crippen LogP contribution is -2.52. The number of aromatic nitrogens is 1. The Kier molecular flexibility index (Phi) is 5.37. The number of carbonyl (C=O) groups is 1. The Labute approximate surface area is 139 Å². The predicted molar refractivity (Wildman–Crippen MR) is 85.8 cm³/mol. The molecule has 1 amide bonds. The number of nitrogens with zero attached hydrogens (tertiary/aromatic N) is 3. The largest absolute Gasteiger partial charge is 0.417 e. The Hall–Kier alpha value is -1.83. The van der Waals surface area contributed by atoms with Crippen molar-refractivity contribution in [2.75, 3.05) is 37.6 Å². The van der Waals surface area contributed by atoms with Crippen molar-refractivity contribution >= 4 is 11.7 Å². The van der Waals surface area contributed by atoms with Crippen molar-refractivity contribution in [2.45, 2.75) is 32.5 Å². The first-order valence-corrected chi connectivity index (χ1v) is 7.86. The molecule has 1 saturated heterocycles. The van der Waals surface area contributed by atoms with Gasteiger partial charge in [0, 0.05) is 37.9 Å². The molecule has 2 heterocycles. The highest BCUT2D eigenvalue weighted by atomic mass is 19.4. The second-order valence-corrected chi connectivity index (χ2v) is 6.96. The molecule has 8 heteroatoms. The molecule has 1 aliphatic rings. The number of piperazine rings is 1. The van der Waals surface area contributed by atoms with E-state index in [4.69, 9.17) is 0 Å². The molecule has 0 unspecified atom stereocenters. The molecule has 1 aliphatic heterocycles. The summed E-state index contributed by atoms with van der Waals surface area (Å²) in [7, 11) is 0. The summed E-state index contributed by atoms with van der Waals surface area (Å²) in [4.78, 5) is 19.8. The number of halogens is 3. The third-order valence-corrected chi connectivity index (χ3v) is 3.65. The maximum atomic E-state index is 12.6. The van der Waals surface area contributed by atoms with Crippen LogP contribution in [0.4, 0.5) is 19.0 Å². The van der Waals surface area contributed by atoms with E-state index in [1.165, 1.54) is 6.07 Å². The monoisotopic (exact) mass is 344 g/mol. The third kappa shape index (κ3) is 5.36. The molecule has 1 fully saturated rings. The first kappa shape index (κ1) is 18.5. The zero-order chi connectivity index (χ0) is 18.0. The van der Waals surface area contributed by atoms with Crippen LogP contribution in [0, 0.1) is 0 Å². The normalized spacial score (nSPS) is 17.0. The molecule has 2 rings (SSSR count). The molecule has 0 spiro atoms. The lowest BCUT2D eigenvalue weighted by Gasteiger charge is -2.35. The van der Waals surface area contributed by atoms with Crippen molar-refractivity contribution in [3.05, 3.63) is 23.9 Å². The van der Waals surface area contributed by atoms with Crippen molar-refractivity contribution in [3.8, 4) is 0 Å². The van der Waals surface area contributed by atoms with Gasteiger partial charge in [0.15, 0.2) is 0 Å². The molecule has 0 aliphatic carbocycles. The van der Waals surface area contributed by atoms with Crippen LogP contribution in [0.5, 0.6) is 0 Å². The van der Waals surface area contributed by atoms with Crippen molar-refractivity contribution in [1.29, 1.82) is 0 Å². The maximum absolute atomic E-state index is 12.6. The number of carbonyl (C=O) groups excluding carboxylic acids is 1. The zero-order valence-electron chi connectivity index (χ0n) is 14.2. The number of nitrogens with one attached hydrogen (secondary N) is 1.